The molecule has 0 saturated heterocycles. The number of carbonyl (C=O) groups excluding carboxylic acids is 2. The Hall–Kier alpha value is -2.85. The third kappa shape index (κ3) is 3.81. The van der Waals surface area contributed by atoms with Crippen molar-refractivity contribution in [2.75, 3.05) is 18.5 Å². The molecule has 0 bridgehead atoms. The van der Waals surface area contributed by atoms with E-state index in [0.29, 0.717) is 5.69 Å². The highest BCUT2D eigenvalue weighted by Crippen LogP contribution is 2.30. The summed E-state index contributed by atoms with van der Waals surface area (Å²) in [6.45, 7) is -0.483. The standard InChI is InChI=1S/C16H12ClF3N4O3/c17-10-7-9(21-11-8-14(26)23(5-6-25)15(11)27)1-2-12(10)24-4-3-13(22-24)16(18,19)20/h1-4,7-8,21,25H,5-6H2. The van der Waals surface area contributed by atoms with Crippen molar-refractivity contribution in [3.63, 3.8) is 0 Å². The first-order chi connectivity index (χ1) is 12.7. The fourth-order valence-electron chi connectivity index (χ4n) is 2.45. The van der Waals surface area contributed by atoms with Crippen molar-refractivity contribution >= 4 is 29.1 Å². The molecule has 0 saturated carbocycles. The molecule has 0 aliphatic carbocycles. The third-order valence-electron chi connectivity index (χ3n) is 3.69. The van der Waals surface area contributed by atoms with Gasteiger partial charge in [-0.1, -0.05) is 11.6 Å². The van der Waals surface area contributed by atoms with Gasteiger partial charge in [-0.3, -0.25) is 14.5 Å². The van der Waals surface area contributed by atoms with Crippen LogP contribution in [-0.4, -0.2) is 44.8 Å². The summed E-state index contributed by atoms with van der Waals surface area (Å²) in [7, 11) is 0. The van der Waals surface area contributed by atoms with E-state index in [1.165, 1.54) is 18.2 Å². The predicted molar refractivity (Wildman–Crippen MR) is 89.1 cm³/mol. The number of benzene rings is 1. The lowest BCUT2D eigenvalue weighted by molar-refractivity contribution is -0.141. The summed E-state index contributed by atoms with van der Waals surface area (Å²) >= 11 is 6.12. The van der Waals surface area contributed by atoms with Gasteiger partial charge in [0.15, 0.2) is 5.69 Å². The molecule has 2 heterocycles. The smallest absolute Gasteiger partial charge is 0.395 e. The number of imide groups is 1. The number of aromatic nitrogens is 2. The molecule has 3 rings (SSSR count). The van der Waals surface area contributed by atoms with E-state index in [1.54, 1.807) is 0 Å². The second kappa shape index (κ2) is 7.05. The monoisotopic (exact) mass is 400 g/mol. The average molecular weight is 401 g/mol. The van der Waals surface area contributed by atoms with Crippen LogP contribution in [0.1, 0.15) is 5.69 Å². The Balaban J connectivity index is 1.80. The first kappa shape index (κ1) is 18.9. The van der Waals surface area contributed by atoms with Gasteiger partial charge in [0, 0.05) is 18.0 Å². The topological polar surface area (TPSA) is 87.5 Å². The normalized spacial score (nSPS) is 14.7. The number of rotatable bonds is 5. The summed E-state index contributed by atoms with van der Waals surface area (Å²) in [4.78, 5) is 24.7. The lowest BCUT2D eigenvalue weighted by Crippen LogP contribution is -2.34. The Labute approximate surface area is 155 Å². The second-order valence-electron chi connectivity index (χ2n) is 5.51. The molecule has 0 fully saturated rings. The predicted octanol–water partition coefficient (Wildman–Crippen LogP) is 2.20. The van der Waals surface area contributed by atoms with Gasteiger partial charge in [0.25, 0.3) is 11.8 Å². The summed E-state index contributed by atoms with van der Waals surface area (Å²) in [5, 5.41) is 15.1. The minimum absolute atomic E-state index is 0.00397. The van der Waals surface area contributed by atoms with Crippen LogP contribution in [-0.2, 0) is 15.8 Å². The summed E-state index contributed by atoms with van der Waals surface area (Å²) < 4.78 is 39.0. The van der Waals surface area contributed by atoms with Crippen LogP contribution < -0.4 is 5.32 Å². The molecule has 7 nitrogen and oxygen atoms in total. The minimum Gasteiger partial charge on any atom is -0.395 e. The Morgan fingerprint density at radius 2 is 1.96 bits per heavy atom. The van der Waals surface area contributed by atoms with E-state index in [0.717, 1.165) is 27.9 Å². The number of aliphatic hydroxyl groups excluding tert-OH is 1. The fraction of sp³-hybridized carbons (Fsp3) is 0.188. The van der Waals surface area contributed by atoms with Crippen molar-refractivity contribution in [1.29, 1.82) is 0 Å². The zero-order valence-corrected chi connectivity index (χ0v) is 14.3. The number of β-amino-alcohol motifs (C(OH)–C–C–N with tert-alkyl or cyclic N) is 1. The molecule has 2 aromatic rings. The molecule has 1 aromatic carbocycles. The van der Waals surface area contributed by atoms with Crippen LogP contribution in [0.4, 0.5) is 18.9 Å². The van der Waals surface area contributed by atoms with Crippen LogP contribution >= 0.6 is 11.6 Å². The third-order valence-corrected chi connectivity index (χ3v) is 3.99. The minimum atomic E-state index is -4.57. The van der Waals surface area contributed by atoms with Gasteiger partial charge < -0.3 is 10.4 Å². The average Bonchev–Trinajstić information content (AvgIpc) is 3.17. The van der Waals surface area contributed by atoms with E-state index >= 15 is 0 Å². The van der Waals surface area contributed by atoms with Crippen LogP contribution in [0.3, 0.4) is 0 Å². The summed E-state index contributed by atoms with van der Waals surface area (Å²) in [6, 6.07) is 5.11. The molecule has 0 atom stereocenters. The first-order valence-electron chi connectivity index (χ1n) is 7.59. The van der Waals surface area contributed by atoms with Crippen molar-refractivity contribution in [1.82, 2.24) is 14.7 Å². The van der Waals surface area contributed by atoms with E-state index in [1.807, 2.05) is 0 Å². The van der Waals surface area contributed by atoms with Crippen molar-refractivity contribution in [3.8, 4) is 5.69 Å². The molecule has 11 heteroatoms. The second-order valence-corrected chi connectivity index (χ2v) is 5.92. The molecule has 2 N–H and O–H groups in total. The van der Waals surface area contributed by atoms with Crippen LogP contribution in [0.2, 0.25) is 5.02 Å². The SMILES string of the molecule is O=C1C=C(Nc2ccc(-n3ccc(C(F)(F)F)n3)c(Cl)c2)C(=O)N1CCO. The largest absolute Gasteiger partial charge is 0.435 e. The summed E-state index contributed by atoms with van der Waals surface area (Å²) in [5.41, 5.74) is -0.492. The number of aliphatic hydroxyl groups is 1. The first-order valence-corrected chi connectivity index (χ1v) is 7.96. The lowest BCUT2D eigenvalue weighted by Gasteiger charge is -2.14. The molecule has 0 radical (unpaired) electrons. The van der Waals surface area contributed by atoms with E-state index in [9.17, 15) is 22.8 Å². The van der Waals surface area contributed by atoms with E-state index in [4.69, 9.17) is 16.7 Å². The molecule has 27 heavy (non-hydrogen) atoms. The van der Waals surface area contributed by atoms with Gasteiger partial charge >= 0.3 is 6.18 Å². The molecule has 0 spiro atoms. The fourth-order valence-corrected chi connectivity index (χ4v) is 2.71. The van der Waals surface area contributed by atoms with Crippen molar-refractivity contribution in [2.24, 2.45) is 0 Å². The highest BCUT2D eigenvalue weighted by atomic mass is 35.5. The van der Waals surface area contributed by atoms with Crippen LogP contribution in [0.5, 0.6) is 0 Å². The van der Waals surface area contributed by atoms with Crippen LogP contribution in [0, 0.1) is 0 Å². The molecule has 1 aliphatic rings. The van der Waals surface area contributed by atoms with Crippen molar-refractivity contribution < 1.29 is 27.9 Å². The highest BCUT2D eigenvalue weighted by molar-refractivity contribution is 6.32. The number of alkyl halides is 3. The number of hydrogen-bond acceptors (Lipinski definition) is 5. The van der Waals surface area contributed by atoms with Gasteiger partial charge in [0.2, 0.25) is 0 Å². The number of anilines is 1. The van der Waals surface area contributed by atoms with E-state index in [-0.39, 0.29) is 29.6 Å². The number of amides is 2. The van der Waals surface area contributed by atoms with E-state index < -0.39 is 23.7 Å². The number of hydrogen-bond donors (Lipinski definition) is 2. The number of nitrogens with zero attached hydrogens (tertiary/aromatic N) is 3. The van der Waals surface area contributed by atoms with Crippen LogP contribution in [0.25, 0.3) is 5.69 Å². The van der Waals surface area contributed by atoms with E-state index in [2.05, 4.69) is 10.4 Å². The van der Waals surface area contributed by atoms with Crippen LogP contribution in [0.15, 0.2) is 42.2 Å². The zero-order valence-electron chi connectivity index (χ0n) is 13.5. The Kier molecular flexibility index (Phi) is 4.94. The summed E-state index contributed by atoms with van der Waals surface area (Å²) in [5.74, 6) is -1.16. The van der Waals surface area contributed by atoms with Gasteiger partial charge in [0.1, 0.15) is 5.70 Å². The Bertz CT molecular complexity index is 939. The van der Waals surface area contributed by atoms with Gasteiger partial charge in [-0.2, -0.15) is 18.3 Å². The Morgan fingerprint density at radius 1 is 1.22 bits per heavy atom. The molecule has 1 aliphatic heterocycles. The van der Waals surface area contributed by atoms with Gasteiger partial charge in [0.05, 0.1) is 23.9 Å². The maximum atomic E-state index is 12.7. The summed E-state index contributed by atoms with van der Waals surface area (Å²) in [6.07, 6.45) is -2.35. The highest BCUT2D eigenvalue weighted by Gasteiger charge is 2.34. The molecular formula is C16H12ClF3N4O3. The number of carbonyl (C=O) groups is 2. The van der Waals surface area contributed by atoms with Crippen molar-refractivity contribution in [3.05, 3.63) is 53.0 Å². The molecular weight excluding hydrogens is 389 g/mol. The molecule has 142 valence electrons. The number of halogens is 4. The molecule has 2 amide bonds. The van der Waals surface area contributed by atoms with Crippen molar-refractivity contribution in [2.45, 2.75) is 6.18 Å². The van der Waals surface area contributed by atoms with Gasteiger partial charge in [-0.15, -0.1) is 0 Å². The lowest BCUT2D eigenvalue weighted by atomic mass is 10.2. The maximum Gasteiger partial charge on any atom is 0.435 e. The Morgan fingerprint density at radius 3 is 2.56 bits per heavy atom. The van der Waals surface area contributed by atoms with Gasteiger partial charge in [-0.05, 0) is 24.3 Å². The maximum absolute atomic E-state index is 12.7. The quantitative estimate of drug-likeness (QED) is 0.751. The zero-order chi connectivity index (χ0) is 19.8. The molecule has 0 unspecified atom stereocenters. The van der Waals surface area contributed by atoms with Gasteiger partial charge in [-0.25, -0.2) is 4.68 Å². The number of nitrogens with one attached hydrogen (secondary N) is 1. The molecule has 1 aromatic heterocycles.